The van der Waals surface area contributed by atoms with E-state index in [2.05, 4.69) is 27.3 Å². The van der Waals surface area contributed by atoms with E-state index in [4.69, 9.17) is 5.73 Å². The van der Waals surface area contributed by atoms with Crippen LogP contribution in [-0.2, 0) is 10.0 Å². The fraction of sp³-hybridized carbons (Fsp3) is 0.500. The Morgan fingerprint density at radius 3 is 2.62 bits per heavy atom. The van der Waals surface area contributed by atoms with Crippen molar-refractivity contribution in [2.45, 2.75) is 56.8 Å². The molecule has 0 amide bonds. The lowest BCUT2D eigenvalue weighted by Gasteiger charge is -2.32. The zero-order valence-corrected chi connectivity index (χ0v) is 24.1. The highest BCUT2D eigenvalue weighted by atomic mass is 32.2. The number of anilines is 2. The number of allylic oxidation sites excluding steroid dienone is 4. The van der Waals surface area contributed by atoms with Crippen molar-refractivity contribution in [1.29, 1.82) is 0 Å². The number of ketones is 1. The van der Waals surface area contributed by atoms with E-state index in [0.29, 0.717) is 37.6 Å². The van der Waals surface area contributed by atoms with Gasteiger partial charge in [0.25, 0.3) is 0 Å². The zero-order valence-electron chi connectivity index (χ0n) is 22.5. The molecule has 0 spiro atoms. The summed E-state index contributed by atoms with van der Waals surface area (Å²) in [5.41, 5.74) is 4.52. The highest BCUT2D eigenvalue weighted by Crippen LogP contribution is 2.39. The number of nitrogens with zero attached hydrogens (tertiary/aromatic N) is 3. The SMILES string of the molecule is CC1(F)CC=CC(F)=C1C(=O)c1sc(NC2CCN(S(=O)(=O)CCN3CCCC3c3ccccc3)CC2)nc1N. The highest BCUT2D eigenvalue weighted by Gasteiger charge is 2.39. The monoisotopic (exact) mass is 591 g/mol. The second-order valence-electron chi connectivity index (χ2n) is 10.8. The molecule has 5 rings (SSSR count). The molecule has 1 aromatic heterocycles. The van der Waals surface area contributed by atoms with Gasteiger partial charge < -0.3 is 11.1 Å². The summed E-state index contributed by atoms with van der Waals surface area (Å²) < 4.78 is 57.1. The van der Waals surface area contributed by atoms with Gasteiger partial charge in [-0.25, -0.2) is 26.5 Å². The lowest BCUT2D eigenvalue weighted by Crippen LogP contribution is -2.44. The summed E-state index contributed by atoms with van der Waals surface area (Å²) >= 11 is 0.959. The number of piperidine rings is 1. The van der Waals surface area contributed by atoms with Gasteiger partial charge in [0.05, 0.1) is 11.3 Å². The van der Waals surface area contributed by atoms with E-state index in [9.17, 15) is 22.0 Å². The summed E-state index contributed by atoms with van der Waals surface area (Å²) in [5, 5.41) is 3.60. The van der Waals surface area contributed by atoms with Gasteiger partial charge in [0.15, 0.2) is 5.13 Å². The largest absolute Gasteiger partial charge is 0.382 e. The molecule has 1 aliphatic carbocycles. The fourth-order valence-corrected chi connectivity index (χ4v) is 8.19. The quantitative estimate of drug-likeness (QED) is 0.401. The van der Waals surface area contributed by atoms with Crippen molar-refractivity contribution >= 4 is 38.1 Å². The minimum absolute atomic E-state index is 0.0115. The number of benzene rings is 1. The van der Waals surface area contributed by atoms with Crippen LogP contribution in [0.15, 0.2) is 53.9 Å². The number of likely N-dealkylation sites (tertiary alicyclic amines) is 1. The molecule has 12 heteroatoms. The number of hydrogen-bond donors (Lipinski definition) is 2. The lowest BCUT2D eigenvalue weighted by molar-refractivity contribution is 0.0982. The number of hydrogen-bond acceptors (Lipinski definition) is 8. The number of sulfonamides is 1. The molecular formula is C28H35F2N5O3S2. The van der Waals surface area contributed by atoms with E-state index in [1.54, 1.807) is 4.31 Å². The summed E-state index contributed by atoms with van der Waals surface area (Å²) in [6, 6.07) is 10.4. The van der Waals surface area contributed by atoms with Crippen molar-refractivity contribution in [2.75, 3.05) is 43.0 Å². The number of nitrogen functional groups attached to an aromatic ring is 1. The van der Waals surface area contributed by atoms with Gasteiger partial charge in [-0.05, 0) is 50.8 Å². The highest BCUT2D eigenvalue weighted by molar-refractivity contribution is 7.89. The number of carbonyl (C=O) groups is 1. The van der Waals surface area contributed by atoms with Gasteiger partial charge in [0.2, 0.25) is 15.8 Å². The van der Waals surface area contributed by atoms with Crippen LogP contribution in [0.2, 0.25) is 0 Å². The Kier molecular flexibility index (Phi) is 8.42. The number of alkyl halides is 1. The molecule has 0 bridgehead atoms. The van der Waals surface area contributed by atoms with Crippen molar-refractivity contribution in [3.63, 3.8) is 0 Å². The number of nitrogens with one attached hydrogen (secondary N) is 1. The van der Waals surface area contributed by atoms with Crippen molar-refractivity contribution in [2.24, 2.45) is 0 Å². The van der Waals surface area contributed by atoms with Crippen molar-refractivity contribution < 1.29 is 22.0 Å². The predicted octanol–water partition coefficient (Wildman–Crippen LogP) is 4.86. The molecule has 2 aliphatic heterocycles. The average molecular weight is 592 g/mol. The van der Waals surface area contributed by atoms with Crippen molar-refractivity contribution in [1.82, 2.24) is 14.2 Å². The van der Waals surface area contributed by atoms with Gasteiger partial charge >= 0.3 is 0 Å². The van der Waals surface area contributed by atoms with Crippen LogP contribution in [-0.4, -0.2) is 72.0 Å². The number of Topliss-reactive ketones (excluding diaryl/α,β-unsaturated/α-hetero) is 1. The molecule has 3 aliphatic rings. The Bertz CT molecular complexity index is 1400. The maximum absolute atomic E-state index is 14.9. The minimum Gasteiger partial charge on any atom is -0.382 e. The summed E-state index contributed by atoms with van der Waals surface area (Å²) in [6.07, 6.45) is 5.57. The Morgan fingerprint density at radius 2 is 1.93 bits per heavy atom. The molecule has 8 nitrogen and oxygen atoms in total. The first kappa shape index (κ1) is 28.8. The first-order valence-electron chi connectivity index (χ1n) is 13.7. The van der Waals surface area contributed by atoms with Gasteiger partial charge in [-0.2, -0.15) is 0 Å². The van der Waals surface area contributed by atoms with Crippen LogP contribution in [0.4, 0.5) is 19.7 Å². The number of halogens is 2. The van der Waals surface area contributed by atoms with Gasteiger partial charge in [-0.3, -0.25) is 9.69 Å². The molecule has 216 valence electrons. The first-order valence-corrected chi connectivity index (χ1v) is 16.1. The second-order valence-corrected chi connectivity index (χ2v) is 13.9. The number of rotatable bonds is 9. The summed E-state index contributed by atoms with van der Waals surface area (Å²) in [4.78, 5) is 19.4. The predicted molar refractivity (Wildman–Crippen MR) is 154 cm³/mol. The molecule has 1 aromatic carbocycles. The van der Waals surface area contributed by atoms with Gasteiger partial charge in [0.1, 0.15) is 22.2 Å². The van der Waals surface area contributed by atoms with Gasteiger partial charge in [0, 0.05) is 38.1 Å². The molecule has 0 radical (unpaired) electrons. The van der Waals surface area contributed by atoms with E-state index in [0.717, 1.165) is 36.8 Å². The normalized spacial score (nSPS) is 25.0. The molecule has 3 N–H and O–H groups in total. The Morgan fingerprint density at radius 1 is 1.20 bits per heavy atom. The van der Waals surface area contributed by atoms with Crippen LogP contribution in [0, 0.1) is 0 Å². The van der Waals surface area contributed by atoms with Crippen LogP contribution < -0.4 is 11.1 Å². The topological polar surface area (TPSA) is 109 Å². The molecular weight excluding hydrogens is 556 g/mol. The average Bonchev–Trinajstić information content (AvgIpc) is 3.54. The number of carbonyl (C=O) groups excluding carboxylic acids is 1. The van der Waals surface area contributed by atoms with E-state index in [-0.39, 0.29) is 35.0 Å². The van der Waals surface area contributed by atoms with Gasteiger partial charge in [-0.1, -0.05) is 47.7 Å². The van der Waals surface area contributed by atoms with Crippen LogP contribution in [0.1, 0.15) is 60.3 Å². The maximum atomic E-state index is 14.9. The molecule has 2 atom stereocenters. The van der Waals surface area contributed by atoms with E-state index in [1.165, 1.54) is 18.6 Å². The molecule has 2 aromatic rings. The van der Waals surface area contributed by atoms with Crippen molar-refractivity contribution in [3.05, 3.63) is 64.3 Å². The second kappa shape index (κ2) is 11.7. The maximum Gasteiger partial charge on any atom is 0.215 e. The molecule has 2 unspecified atom stereocenters. The number of aromatic nitrogens is 1. The van der Waals surface area contributed by atoms with Gasteiger partial charge in [-0.15, -0.1) is 0 Å². The molecule has 2 fully saturated rings. The van der Waals surface area contributed by atoms with Crippen LogP contribution in [0.3, 0.4) is 0 Å². The summed E-state index contributed by atoms with van der Waals surface area (Å²) in [5.74, 6) is -1.71. The fourth-order valence-electron chi connectivity index (χ4n) is 5.79. The first-order chi connectivity index (χ1) is 19.0. The van der Waals surface area contributed by atoms with E-state index >= 15 is 0 Å². The summed E-state index contributed by atoms with van der Waals surface area (Å²) in [6.45, 7) is 3.32. The third-order valence-corrected chi connectivity index (χ3v) is 10.8. The van der Waals surface area contributed by atoms with E-state index < -0.39 is 32.9 Å². The summed E-state index contributed by atoms with van der Waals surface area (Å²) in [7, 11) is -3.41. The molecule has 0 saturated carbocycles. The van der Waals surface area contributed by atoms with E-state index in [1.807, 2.05) is 18.2 Å². The smallest absolute Gasteiger partial charge is 0.215 e. The standard InChI is InChI=1S/C28H35F2N5O3S2/c1-28(30)13-5-9-21(29)23(28)24(36)25-26(31)33-27(39-25)32-20-11-15-35(16-12-20)40(37,38)18-17-34-14-6-10-22(34)19-7-3-2-4-8-19/h2-5,7-9,20,22H,6,10-18,31H2,1H3,(H,32,33). The van der Waals surface area contributed by atoms with Crippen LogP contribution >= 0.6 is 11.3 Å². The van der Waals surface area contributed by atoms with Crippen LogP contribution in [0.5, 0.6) is 0 Å². The van der Waals surface area contributed by atoms with Crippen molar-refractivity contribution in [3.8, 4) is 0 Å². The zero-order chi connectivity index (χ0) is 28.5. The van der Waals surface area contributed by atoms with Crippen LogP contribution in [0.25, 0.3) is 0 Å². The number of nitrogens with two attached hydrogens (primary N) is 1. The molecule has 2 saturated heterocycles. The molecule has 3 heterocycles. The third kappa shape index (κ3) is 6.14. The third-order valence-electron chi connectivity index (χ3n) is 7.97. The minimum atomic E-state index is -3.41. The Balaban J connectivity index is 1.15. The lowest BCUT2D eigenvalue weighted by atomic mass is 9.86. The number of thiazole rings is 1. The molecule has 40 heavy (non-hydrogen) atoms. The Hall–Kier alpha value is -2.67. The Labute approximate surface area is 238 Å².